The SMILES string of the molecule is Cc1c(Cc2ccc(F)c(C(=O)N3CCN([C@H]4CC[C@@H](F)C4)C(=O)C3)c2)n[nH]c(=O)c1C.O=C(O)C(F)(F)F. The van der Waals surface area contributed by atoms with Crippen LogP contribution in [0.4, 0.5) is 22.0 Å². The third-order valence-corrected chi connectivity index (χ3v) is 6.83. The van der Waals surface area contributed by atoms with Gasteiger partial charge in [-0.1, -0.05) is 6.07 Å². The summed E-state index contributed by atoms with van der Waals surface area (Å²) in [4.78, 5) is 49.2. The first kappa shape index (κ1) is 29.7. The molecule has 1 aromatic heterocycles. The number of hydrogen-bond donors (Lipinski definition) is 2. The summed E-state index contributed by atoms with van der Waals surface area (Å²) >= 11 is 0. The second kappa shape index (κ2) is 11.9. The Morgan fingerprint density at radius 2 is 1.79 bits per heavy atom. The maximum atomic E-state index is 14.5. The molecule has 0 bridgehead atoms. The number of nitrogens with zero attached hydrogens (tertiary/aromatic N) is 3. The second-order valence-corrected chi connectivity index (χ2v) is 9.42. The van der Waals surface area contributed by atoms with Gasteiger partial charge in [0, 0.05) is 31.1 Å². The van der Waals surface area contributed by atoms with Crippen molar-refractivity contribution in [2.45, 2.75) is 57.9 Å². The van der Waals surface area contributed by atoms with Gasteiger partial charge in [-0.05, 0) is 56.4 Å². The Morgan fingerprint density at radius 3 is 2.36 bits per heavy atom. The first-order valence-corrected chi connectivity index (χ1v) is 12.0. The van der Waals surface area contributed by atoms with Crippen LogP contribution in [0.3, 0.4) is 0 Å². The van der Waals surface area contributed by atoms with E-state index in [0.717, 1.165) is 5.56 Å². The second-order valence-electron chi connectivity index (χ2n) is 9.42. The summed E-state index contributed by atoms with van der Waals surface area (Å²) in [6.07, 6.45) is -4.21. The van der Waals surface area contributed by atoms with E-state index in [1.165, 1.54) is 17.0 Å². The number of amides is 2. The maximum absolute atomic E-state index is 14.5. The number of aromatic nitrogens is 2. The predicted molar refractivity (Wildman–Crippen MR) is 127 cm³/mol. The molecule has 2 heterocycles. The highest BCUT2D eigenvalue weighted by Gasteiger charge is 2.38. The van der Waals surface area contributed by atoms with Gasteiger partial charge in [-0.3, -0.25) is 14.4 Å². The number of hydrogen-bond acceptors (Lipinski definition) is 5. The quantitative estimate of drug-likeness (QED) is 0.557. The minimum Gasteiger partial charge on any atom is -0.475 e. The number of halogens is 5. The number of carboxylic acid groups (broad SMARTS) is 1. The van der Waals surface area contributed by atoms with Crippen LogP contribution in [0.5, 0.6) is 0 Å². The molecule has 1 saturated carbocycles. The van der Waals surface area contributed by atoms with Crippen LogP contribution in [-0.2, 0) is 16.0 Å². The number of alkyl halides is 4. The zero-order valence-electron chi connectivity index (χ0n) is 21.1. The standard InChI is InChI=1S/C23H26F2N4O3.C2HF3O2/c1-13-14(2)22(31)27-26-20(13)10-15-3-6-19(25)18(9-15)23(32)28-7-8-29(21(30)12-28)17-5-4-16(24)11-17;3-2(4,5)1(6)7/h3,6,9,16-17H,4-5,7-8,10-12H2,1-2H3,(H,27,31);(H,6,7)/t16-,17+;/m1./s1. The van der Waals surface area contributed by atoms with Gasteiger partial charge in [0.05, 0.1) is 11.3 Å². The minimum absolute atomic E-state index is 0.104. The molecule has 0 radical (unpaired) electrons. The van der Waals surface area contributed by atoms with Gasteiger partial charge >= 0.3 is 12.1 Å². The van der Waals surface area contributed by atoms with E-state index in [-0.39, 0.29) is 36.2 Å². The molecule has 39 heavy (non-hydrogen) atoms. The summed E-state index contributed by atoms with van der Waals surface area (Å²) < 4.78 is 59.8. The lowest BCUT2D eigenvalue weighted by Gasteiger charge is -2.37. The van der Waals surface area contributed by atoms with Crippen molar-refractivity contribution >= 4 is 17.8 Å². The van der Waals surface area contributed by atoms with Crippen molar-refractivity contribution in [1.82, 2.24) is 20.0 Å². The monoisotopic (exact) mass is 558 g/mol. The van der Waals surface area contributed by atoms with Gasteiger partial charge in [-0.2, -0.15) is 18.3 Å². The Morgan fingerprint density at radius 1 is 1.13 bits per heavy atom. The van der Waals surface area contributed by atoms with Crippen molar-refractivity contribution in [3.05, 3.63) is 62.3 Å². The van der Waals surface area contributed by atoms with Crippen LogP contribution < -0.4 is 5.56 Å². The molecule has 1 aliphatic carbocycles. The maximum Gasteiger partial charge on any atom is 0.490 e. The van der Waals surface area contributed by atoms with E-state index in [4.69, 9.17) is 9.90 Å². The van der Waals surface area contributed by atoms with E-state index in [1.807, 2.05) is 0 Å². The van der Waals surface area contributed by atoms with E-state index in [2.05, 4.69) is 10.2 Å². The number of rotatable bonds is 4. The largest absolute Gasteiger partial charge is 0.490 e. The highest BCUT2D eigenvalue weighted by molar-refractivity contribution is 5.97. The summed E-state index contributed by atoms with van der Waals surface area (Å²) in [5.74, 6) is -4.20. The smallest absolute Gasteiger partial charge is 0.475 e. The molecule has 0 unspecified atom stereocenters. The first-order chi connectivity index (χ1) is 18.2. The number of nitrogens with one attached hydrogen (secondary N) is 1. The van der Waals surface area contributed by atoms with Crippen LogP contribution in [0, 0.1) is 19.7 Å². The summed E-state index contributed by atoms with van der Waals surface area (Å²) in [6.45, 7) is 3.96. The van der Waals surface area contributed by atoms with E-state index in [0.29, 0.717) is 49.0 Å². The van der Waals surface area contributed by atoms with Crippen molar-refractivity contribution < 1.29 is 41.4 Å². The first-order valence-electron chi connectivity index (χ1n) is 12.0. The van der Waals surface area contributed by atoms with Gasteiger partial charge in [0.1, 0.15) is 18.5 Å². The molecule has 0 spiro atoms. The van der Waals surface area contributed by atoms with E-state index in [9.17, 15) is 36.3 Å². The zero-order chi connectivity index (χ0) is 29.1. The van der Waals surface area contributed by atoms with Crippen molar-refractivity contribution in [3.8, 4) is 0 Å². The molecule has 2 aromatic rings. The Hall–Kier alpha value is -3.84. The summed E-state index contributed by atoms with van der Waals surface area (Å²) in [7, 11) is 0. The van der Waals surface area contributed by atoms with Gasteiger partial charge in [0.25, 0.3) is 11.5 Å². The van der Waals surface area contributed by atoms with Crippen LogP contribution in [0.1, 0.15) is 52.0 Å². The molecule has 1 aliphatic heterocycles. The van der Waals surface area contributed by atoms with E-state index in [1.54, 1.807) is 24.8 Å². The molecule has 14 heteroatoms. The van der Waals surface area contributed by atoms with Crippen LogP contribution in [0.25, 0.3) is 0 Å². The fraction of sp³-hybridized carbons (Fsp3) is 0.480. The Labute approximate surface area is 219 Å². The molecule has 1 aromatic carbocycles. The van der Waals surface area contributed by atoms with Crippen molar-refractivity contribution in [2.75, 3.05) is 19.6 Å². The average molecular weight is 559 g/mol. The van der Waals surface area contributed by atoms with E-state index < -0.39 is 30.0 Å². The van der Waals surface area contributed by atoms with Gasteiger partial charge in [-0.25, -0.2) is 18.7 Å². The molecule has 2 atom stereocenters. The summed E-state index contributed by atoms with van der Waals surface area (Å²) in [6, 6.07) is 4.16. The number of aromatic amines is 1. The lowest BCUT2D eigenvalue weighted by atomic mass is 10.0. The Bertz CT molecular complexity index is 1310. The topological polar surface area (TPSA) is 124 Å². The number of carbonyl (C=O) groups is 3. The fourth-order valence-corrected chi connectivity index (χ4v) is 4.49. The molecule has 2 amide bonds. The third-order valence-electron chi connectivity index (χ3n) is 6.83. The molecule has 212 valence electrons. The molecule has 2 N–H and O–H groups in total. The normalized spacial score (nSPS) is 19.5. The van der Waals surface area contributed by atoms with Crippen LogP contribution >= 0.6 is 0 Å². The lowest BCUT2D eigenvalue weighted by molar-refractivity contribution is -0.192. The molecule has 4 rings (SSSR count). The number of piperazine rings is 1. The van der Waals surface area contributed by atoms with Gasteiger partial charge < -0.3 is 14.9 Å². The molecule has 1 saturated heterocycles. The minimum atomic E-state index is -5.08. The highest BCUT2D eigenvalue weighted by atomic mass is 19.4. The van der Waals surface area contributed by atoms with Crippen molar-refractivity contribution in [3.63, 3.8) is 0 Å². The molecule has 9 nitrogen and oxygen atoms in total. The number of carbonyl (C=O) groups excluding carboxylic acids is 2. The lowest BCUT2D eigenvalue weighted by Crippen LogP contribution is -2.55. The predicted octanol–water partition coefficient (Wildman–Crippen LogP) is 2.92. The van der Waals surface area contributed by atoms with Gasteiger partial charge in [0.2, 0.25) is 5.91 Å². The molecule has 2 aliphatic rings. The Balaban J connectivity index is 0.000000532. The summed E-state index contributed by atoms with van der Waals surface area (Å²) in [5.41, 5.74) is 2.25. The number of carboxylic acids is 1. The van der Waals surface area contributed by atoms with Crippen molar-refractivity contribution in [1.29, 1.82) is 0 Å². The summed E-state index contributed by atoms with van der Waals surface area (Å²) in [5, 5.41) is 13.6. The molecule has 2 fully saturated rings. The van der Waals surface area contributed by atoms with Gasteiger partial charge in [0.15, 0.2) is 0 Å². The third kappa shape index (κ3) is 7.18. The van der Waals surface area contributed by atoms with Crippen LogP contribution in [-0.4, -0.2) is 80.9 Å². The fourth-order valence-electron chi connectivity index (χ4n) is 4.49. The number of aliphatic carboxylic acids is 1. The van der Waals surface area contributed by atoms with Gasteiger partial charge in [-0.15, -0.1) is 0 Å². The molecular formula is C25H27F5N4O5. The number of H-pyrrole nitrogens is 1. The van der Waals surface area contributed by atoms with Crippen LogP contribution in [0.15, 0.2) is 23.0 Å². The zero-order valence-corrected chi connectivity index (χ0v) is 21.1. The Kier molecular flexibility index (Phi) is 9.07. The highest BCUT2D eigenvalue weighted by Crippen LogP contribution is 2.28. The molecular weight excluding hydrogens is 531 g/mol. The number of benzene rings is 1. The van der Waals surface area contributed by atoms with Crippen molar-refractivity contribution in [2.24, 2.45) is 0 Å². The van der Waals surface area contributed by atoms with Crippen LogP contribution in [0.2, 0.25) is 0 Å². The average Bonchev–Trinajstić information content (AvgIpc) is 3.30. The van der Waals surface area contributed by atoms with E-state index >= 15 is 0 Å².